The summed E-state index contributed by atoms with van der Waals surface area (Å²) in [7, 11) is -1.94. The molecule has 34 heavy (non-hydrogen) atoms. The molecule has 2 aromatic carbocycles. The van der Waals surface area contributed by atoms with E-state index in [1.54, 1.807) is 81.2 Å². The molecule has 0 unspecified atom stereocenters. The molecule has 2 atom stereocenters. The second kappa shape index (κ2) is 10.3. The van der Waals surface area contributed by atoms with Gasteiger partial charge in [0, 0.05) is 42.2 Å². The Bertz CT molecular complexity index is 1140. The Morgan fingerprint density at radius 3 is 2.29 bits per heavy atom. The second-order valence-electron chi connectivity index (χ2n) is 9.90. The summed E-state index contributed by atoms with van der Waals surface area (Å²) in [5, 5.41) is 2.87. The largest absolute Gasteiger partial charge is 0.356 e. The third-order valence-electron chi connectivity index (χ3n) is 6.05. The molecule has 0 spiro atoms. The number of benzene rings is 2. The summed E-state index contributed by atoms with van der Waals surface area (Å²) in [6.07, 6.45) is 2.24. The number of carbonyl (C=O) groups excluding carboxylic acids is 2. The van der Waals surface area contributed by atoms with E-state index in [1.807, 2.05) is 6.92 Å². The van der Waals surface area contributed by atoms with Gasteiger partial charge in [-0.3, -0.25) is 9.59 Å². The molecule has 2 aromatic rings. The number of nitrogens with one attached hydrogen (secondary N) is 2. The molecule has 184 valence electrons. The molecule has 8 heteroatoms. The first kappa shape index (κ1) is 25.9. The van der Waals surface area contributed by atoms with Crippen LogP contribution in [0.15, 0.2) is 53.4 Å². The molecule has 2 amide bonds. The van der Waals surface area contributed by atoms with Crippen LogP contribution in [0.1, 0.15) is 57.3 Å². The molecule has 1 saturated carbocycles. The fraction of sp³-hybridized carbons (Fsp3) is 0.462. The lowest BCUT2D eigenvalue weighted by atomic mass is 10.0. The van der Waals surface area contributed by atoms with Crippen molar-refractivity contribution in [2.75, 3.05) is 13.6 Å². The average molecular weight is 486 g/mol. The number of rotatable bonds is 7. The first-order valence-electron chi connectivity index (χ1n) is 11.7. The summed E-state index contributed by atoms with van der Waals surface area (Å²) in [6, 6.07) is 13.9. The topological polar surface area (TPSA) is 95.6 Å². The van der Waals surface area contributed by atoms with Gasteiger partial charge in [0.25, 0.3) is 5.91 Å². The van der Waals surface area contributed by atoms with E-state index in [1.165, 1.54) is 0 Å². The van der Waals surface area contributed by atoms with Crippen LogP contribution in [-0.2, 0) is 14.8 Å². The average Bonchev–Trinajstić information content (AvgIpc) is 3.27. The third-order valence-corrected chi connectivity index (χ3v) is 7.87. The minimum atomic E-state index is -3.72. The Hall–Kier alpha value is -2.71. The van der Waals surface area contributed by atoms with Crippen LogP contribution in [0.2, 0.25) is 0 Å². The van der Waals surface area contributed by atoms with Crippen LogP contribution in [-0.4, -0.2) is 50.3 Å². The van der Waals surface area contributed by atoms with Gasteiger partial charge < -0.3 is 10.2 Å². The summed E-state index contributed by atoms with van der Waals surface area (Å²) in [5.74, 6) is -0.101. The Morgan fingerprint density at radius 2 is 1.68 bits per heavy atom. The van der Waals surface area contributed by atoms with E-state index in [4.69, 9.17) is 0 Å². The Morgan fingerprint density at radius 1 is 1.03 bits per heavy atom. The van der Waals surface area contributed by atoms with Crippen LogP contribution in [0.4, 0.5) is 0 Å². The normalized spacial score (nSPS) is 18.5. The molecule has 0 bridgehead atoms. The molecule has 3 rings (SSSR count). The molecule has 0 saturated heterocycles. The van der Waals surface area contributed by atoms with Gasteiger partial charge in [-0.1, -0.05) is 30.3 Å². The van der Waals surface area contributed by atoms with Crippen molar-refractivity contribution in [1.29, 1.82) is 0 Å². The predicted octanol–water partition coefficient (Wildman–Crippen LogP) is 3.81. The van der Waals surface area contributed by atoms with Gasteiger partial charge >= 0.3 is 0 Å². The SMILES string of the molecule is CCNC(=O)[C@H]1CC[C@@H](N(C)C(=O)c2ccc(-c3ccccc3S(=O)(=O)NC(C)(C)C)cc2)C1. The van der Waals surface area contributed by atoms with Crippen LogP contribution in [0.3, 0.4) is 0 Å². The summed E-state index contributed by atoms with van der Waals surface area (Å²) >= 11 is 0. The standard InChI is InChI=1S/C26H35N3O4S/c1-6-27-24(30)20-15-16-21(17-20)29(5)25(31)19-13-11-18(12-14-19)22-9-7-8-10-23(22)34(32,33)28-26(2,3)4/h7-14,20-21,28H,6,15-17H2,1-5H3,(H,27,30)/t20-,21+/m0/s1. The van der Waals surface area contributed by atoms with Crippen molar-refractivity contribution in [3.63, 3.8) is 0 Å². The lowest BCUT2D eigenvalue weighted by molar-refractivity contribution is -0.124. The fourth-order valence-electron chi connectivity index (χ4n) is 4.43. The maximum Gasteiger partial charge on any atom is 0.253 e. The Balaban J connectivity index is 1.78. The van der Waals surface area contributed by atoms with E-state index in [-0.39, 0.29) is 28.7 Å². The van der Waals surface area contributed by atoms with E-state index in [0.717, 1.165) is 12.8 Å². The second-order valence-corrected chi connectivity index (χ2v) is 11.6. The van der Waals surface area contributed by atoms with Crippen molar-refractivity contribution in [2.24, 2.45) is 5.92 Å². The van der Waals surface area contributed by atoms with Gasteiger partial charge in [-0.15, -0.1) is 0 Å². The summed E-state index contributed by atoms with van der Waals surface area (Å²) in [4.78, 5) is 27.1. The van der Waals surface area contributed by atoms with Crippen molar-refractivity contribution in [3.8, 4) is 11.1 Å². The highest BCUT2D eigenvalue weighted by molar-refractivity contribution is 7.89. The van der Waals surface area contributed by atoms with Gasteiger partial charge in [0.2, 0.25) is 15.9 Å². The van der Waals surface area contributed by atoms with Crippen molar-refractivity contribution < 1.29 is 18.0 Å². The van der Waals surface area contributed by atoms with Crippen molar-refractivity contribution in [2.45, 2.75) is 63.4 Å². The van der Waals surface area contributed by atoms with Crippen molar-refractivity contribution >= 4 is 21.8 Å². The Labute approximate surface area is 203 Å². The molecule has 0 aliphatic heterocycles. The highest BCUT2D eigenvalue weighted by Gasteiger charge is 2.33. The highest BCUT2D eigenvalue weighted by atomic mass is 32.2. The number of hydrogen-bond acceptors (Lipinski definition) is 4. The van der Waals surface area contributed by atoms with E-state index in [2.05, 4.69) is 10.0 Å². The first-order valence-corrected chi connectivity index (χ1v) is 13.2. The molecular formula is C26H35N3O4S. The lowest BCUT2D eigenvalue weighted by Gasteiger charge is -2.25. The van der Waals surface area contributed by atoms with Gasteiger partial charge in [0.05, 0.1) is 4.90 Å². The van der Waals surface area contributed by atoms with Crippen LogP contribution >= 0.6 is 0 Å². The zero-order chi connectivity index (χ0) is 25.1. The fourth-order valence-corrected chi connectivity index (χ4v) is 6.07. The molecule has 1 fully saturated rings. The highest BCUT2D eigenvalue weighted by Crippen LogP contribution is 2.31. The Kier molecular flexibility index (Phi) is 7.83. The molecule has 1 aliphatic rings. The zero-order valence-corrected chi connectivity index (χ0v) is 21.4. The van der Waals surface area contributed by atoms with Crippen LogP contribution < -0.4 is 10.0 Å². The molecule has 1 aliphatic carbocycles. The smallest absolute Gasteiger partial charge is 0.253 e. The van der Waals surface area contributed by atoms with Crippen LogP contribution in [0, 0.1) is 5.92 Å². The monoisotopic (exact) mass is 485 g/mol. The molecule has 0 radical (unpaired) electrons. The molecule has 0 aromatic heterocycles. The molecule has 0 heterocycles. The van der Waals surface area contributed by atoms with E-state index >= 15 is 0 Å². The van der Waals surface area contributed by atoms with Crippen LogP contribution in [0.5, 0.6) is 0 Å². The minimum Gasteiger partial charge on any atom is -0.356 e. The number of hydrogen-bond donors (Lipinski definition) is 2. The number of sulfonamides is 1. The summed E-state index contributed by atoms with van der Waals surface area (Å²) < 4.78 is 28.6. The van der Waals surface area contributed by atoms with Gasteiger partial charge in [-0.25, -0.2) is 13.1 Å². The molecule has 2 N–H and O–H groups in total. The van der Waals surface area contributed by atoms with E-state index in [0.29, 0.717) is 29.7 Å². The van der Waals surface area contributed by atoms with Gasteiger partial charge in [-0.05, 0) is 70.7 Å². The quantitative estimate of drug-likeness (QED) is 0.623. The lowest BCUT2D eigenvalue weighted by Crippen LogP contribution is -2.40. The van der Waals surface area contributed by atoms with Gasteiger partial charge in [-0.2, -0.15) is 0 Å². The zero-order valence-electron chi connectivity index (χ0n) is 20.6. The maximum absolute atomic E-state index is 13.1. The number of nitrogens with zero attached hydrogens (tertiary/aromatic N) is 1. The predicted molar refractivity (Wildman–Crippen MR) is 134 cm³/mol. The summed E-state index contributed by atoms with van der Waals surface area (Å²) in [5.41, 5.74) is 1.21. The first-order chi connectivity index (χ1) is 15.9. The van der Waals surface area contributed by atoms with Gasteiger partial charge in [0.1, 0.15) is 0 Å². The van der Waals surface area contributed by atoms with Crippen LogP contribution in [0.25, 0.3) is 11.1 Å². The molecule has 7 nitrogen and oxygen atoms in total. The van der Waals surface area contributed by atoms with Crippen molar-refractivity contribution in [1.82, 2.24) is 14.9 Å². The summed E-state index contributed by atoms with van der Waals surface area (Å²) in [6.45, 7) is 7.91. The van der Waals surface area contributed by atoms with Crippen molar-refractivity contribution in [3.05, 3.63) is 54.1 Å². The third kappa shape index (κ3) is 6.04. The molecular weight excluding hydrogens is 450 g/mol. The van der Waals surface area contributed by atoms with E-state index in [9.17, 15) is 18.0 Å². The minimum absolute atomic E-state index is 0.0223. The number of amides is 2. The van der Waals surface area contributed by atoms with E-state index < -0.39 is 15.6 Å². The van der Waals surface area contributed by atoms with Gasteiger partial charge in [0.15, 0.2) is 0 Å². The number of carbonyl (C=O) groups is 2. The maximum atomic E-state index is 13.1.